The Balaban J connectivity index is 1.60. The quantitative estimate of drug-likeness (QED) is 0.741. The number of hydrogen-bond donors (Lipinski definition) is 1. The SMILES string of the molecule is CC(C)S(=O)(=O)N[C@H]1CCCN2C(=O)COc3nccnc3[C@H]3CC[C@H](CC3)OCC12. The number of fused-ring (bicyclic) bond motifs is 5. The van der Waals surface area contributed by atoms with Crippen molar-refractivity contribution in [1.29, 1.82) is 0 Å². The van der Waals surface area contributed by atoms with Crippen molar-refractivity contribution >= 4 is 15.9 Å². The molecule has 0 radical (unpaired) electrons. The summed E-state index contributed by atoms with van der Waals surface area (Å²) in [5.74, 6) is 0.475. The Kier molecular flexibility index (Phi) is 6.78. The number of piperidine rings is 1. The van der Waals surface area contributed by atoms with Gasteiger partial charge in [0.2, 0.25) is 15.9 Å². The Morgan fingerprint density at radius 2 is 1.87 bits per heavy atom. The number of hydrogen-bond acceptors (Lipinski definition) is 7. The minimum Gasteiger partial charge on any atom is -0.466 e. The topological polar surface area (TPSA) is 111 Å². The molecule has 1 N–H and O–H groups in total. The fourth-order valence-corrected chi connectivity index (χ4v) is 5.70. The molecule has 5 rings (SSSR count). The van der Waals surface area contributed by atoms with Gasteiger partial charge in [0.05, 0.1) is 24.0 Å². The molecule has 0 aromatic carbocycles. The number of rotatable bonds is 3. The molecule has 1 aromatic heterocycles. The van der Waals surface area contributed by atoms with Crippen molar-refractivity contribution in [2.45, 2.75) is 81.7 Å². The van der Waals surface area contributed by atoms with E-state index in [1.165, 1.54) is 0 Å². The average Bonchev–Trinajstić information content (AvgIpc) is 2.77. The van der Waals surface area contributed by atoms with Gasteiger partial charge in [0.1, 0.15) is 5.69 Å². The van der Waals surface area contributed by atoms with Gasteiger partial charge in [0.15, 0.2) is 6.61 Å². The summed E-state index contributed by atoms with van der Waals surface area (Å²) in [6.45, 7) is 4.02. The second-order valence-corrected chi connectivity index (χ2v) is 11.2. The lowest BCUT2D eigenvalue weighted by molar-refractivity contribution is -0.140. The minimum atomic E-state index is -3.47. The molecule has 4 heterocycles. The van der Waals surface area contributed by atoms with E-state index >= 15 is 0 Å². The first-order valence-corrected chi connectivity index (χ1v) is 12.8. The van der Waals surface area contributed by atoms with Crippen LogP contribution < -0.4 is 9.46 Å². The van der Waals surface area contributed by atoms with E-state index in [9.17, 15) is 13.2 Å². The van der Waals surface area contributed by atoms with E-state index in [0.29, 0.717) is 25.5 Å². The van der Waals surface area contributed by atoms with Gasteiger partial charge < -0.3 is 14.4 Å². The van der Waals surface area contributed by atoms with Crippen molar-refractivity contribution in [2.24, 2.45) is 0 Å². The molecule has 2 atom stereocenters. The van der Waals surface area contributed by atoms with Crippen LogP contribution in [0.1, 0.15) is 64.0 Å². The smallest absolute Gasteiger partial charge is 0.260 e. The summed E-state index contributed by atoms with van der Waals surface area (Å²) < 4.78 is 40.0. The number of aromatic nitrogens is 2. The zero-order chi connectivity index (χ0) is 22.0. The predicted molar refractivity (Wildman–Crippen MR) is 114 cm³/mol. The monoisotopic (exact) mass is 452 g/mol. The molecule has 172 valence electrons. The molecule has 2 fully saturated rings. The van der Waals surface area contributed by atoms with Crippen molar-refractivity contribution in [3.05, 3.63) is 18.1 Å². The second-order valence-electron chi connectivity index (χ2n) is 8.96. The van der Waals surface area contributed by atoms with Gasteiger partial charge in [-0.25, -0.2) is 18.1 Å². The number of sulfonamides is 1. The third-order valence-electron chi connectivity index (χ3n) is 6.62. The van der Waals surface area contributed by atoms with Crippen LogP contribution in [0.25, 0.3) is 0 Å². The van der Waals surface area contributed by atoms with Crippen LogP contribution in [0.4, 0.5) is 0 Å². The third-order valence-corrected chi connectivity index (χ3v) is 8.50. The highest BCUT2D eigenvalue weighted by molar-refractivity contribution is 7.90. The van der Waals surface area contributed by atoms with Crippen LogP contribution in [0.3, 0.4) is 0 Å². The zero-order valence-electron chi connectivity index (χ0n) is 18.2. The van der Waals surface area contributed by atoms with Crippen molar-refractivity contribution in [1.82, 2.24) is 19.6 Å². The fraction of sp³-hybridized carbons (Fsp3) is 0.762. The Morgan fingerprint density at radius 1 is 1.13 bits per heavy atom. The molecule has 31 heavy (non-hydrogen) atoms. The van der Waals surface area contributed by atoms with Crippen LogP contribution in [-0.4, -0.2) is 72.4 Å². The number of nitrogens with one attached hydrogen (secondary N) is 1. The molecule has 1 aliphatic carbocycles. The highest BCUT2D eigenvalue weighted by Crippen LogP contribution is 2.37. The molecule has 3 aliphatic heterocycles. The Bertz CT molecular complexity index is 886. The lowest BCUT2D eigenvalue weighted by atomic mass is 9.85. The molecule has 1 saturated carbocycles. The van der Waals surface area contributed by atoms with Gasteiger partial charge in [-0.05, 0) is 52.4 Å². The van der Waals surface area contributed by atoms with Gasteiger partial charge in [-0.1, -0.05) is 0 Å². The molecule has 1 aromatic rings. The van der Waals surface area contributed by atoms with E-state index in [1.54, 1.807) is 31.1 Å². The van der Waals surface area contributed by atoms with Crippen LogP contribution >= 0.6 is 0 Å². The minimum absolute atomic E-state index is 0.0966. The van der Waals surface area contributed by atoms with Gasteiger partial charge in [-0.3, -0.25) is 9.78 Å². The van der Waals surface area contributed by atoms with E-state index in [2.05, 4.69) is 14.7 Å². The standard InChI is InChI=1S/C21H32N4O5S/c1-14(2)31(27,28)24-17-4-3-11-25-18(17)12-29-16-7-5-15(6-8-16)20-21(23-10-9-22-20)30-13-19(25)26/h9-10,14-18,24H,3-8,11-13H2,1-2H3/t15-,16+,17-,18?/m0/s1. The molecule has 1 saturated heterocycles. The highest BCUT2D eigenvalue weighted by Gasteiger charge is 2.39. The summed E-state index contributed by atoms with van der Waals surface area (Å²) in [5, 5.41) is -0.539. The van der Waals surface area contributed by atoms with Gasteiger partial charge in [0.25, 0.3) is 5.91 Å². The van der Waals surface area contributed by atoms with Crippen LogP contribution in [0.5, 0.6) is 5.88 Å². The Labute approximate surface area is 184 Å². The van der Waals surface area contributed by atoms with E-state index < -0.39 is 15.3 Å². The van der Waals surface area contributed by atoms with Crippen LogP contribution in [-0.2, 0) is 19.6 Å². The largest absolute Gasteiger partial charge is 0.466 e. The van der Waals surface area contributed by atoms with Crippen molar-refractivity contribution < 1.29 is 22.7 Å². The first-order valence-electron chi connectivity index (χ1n) is 11.2. The number of amides is 1. The van der Waals surface area contributed by atoms with Gasteiger partial charge in [-0.2, -0.15) is 0 Å². The number of carbonyl (C=O) groups is 1. The predicted octanol–water partition coefficient (Wildman–Crippen LogP) is 1.60. The molecule has 1 unspecified atom stereocenters. The Hall–Kier alpha value is -1.78. The van der Waals surface area contributed by atoms with E-state index in [-0.39, 0.29) is 36.6 Å². The fourth-order valence-electron chi connectivity index (χ4n) is 4.74. The lowest BCUT2D eigenvalue weighted by Crippen LogP contribution is -2.60. The molecular weight excluding hydrogens is 420 g/mol. The van der Waals surface area contributed by atoms with E-state index in [0.717, 1.165) is 37.8 Å². The first-order chi connectivity index (χ1) is 14.8. The zero-order valence-corrected chi connectivity index (χ0v) is 19.0. The van der Waals surface area contributed by atoms with Gasteiger partial charge in [-0.15, -0.1) is 0 Å². The maximum Gasteiger partial charge on any atom is 0.260 e. The summed E-state index contributed by atoms with van der Waals surface area (Å²) in [6, 6.07) is -0.739. The van der Waals surface area contributed by atoms with E-state index in [4.69, 9.17) is 9.47 Å². The molecule has 0 spiro atoms. The number of ether oxygens (including phenoxy) is 2. The molecule has 4 aliphatic rings. The lowest BCUT2D eigenvalue weighted by Gasteiger charge is -2.42. The normalized spacial score (nSPS) is 29.9. The van der Waals surface area contributed by atoms with Crippen LogP contribution in [0, 0.1) is 0 Å². The summed E-state index contributed by atoms with van der Waals surface area (Å²) in [7, 11) is -3.47. The molecular formula is C21H32N4O5S. The van der Waals surface area contributed by atoms with Gasteiger partial charge >= 0.3 is 0 Å². The van der Waals surface area contributed by atoms with Crippen LogP contribution in [0.15, 0.2) is 12.4 Å². The number of nitrogens with zero attached hydrogens (tertiary/aromatic N) is 3. The third kappa shape index (κ3) is 5.01. The van der Waals surface area contributed by atoms with Crippen molar-refractivity contribution in [3.63, 3.8) is 0 Å². The van der Waals surface area contributed by atoms with Crippen LogP contribution in [0.2, 0.25) is 0 Å². The summed E-state index contributed by atoms with van der Waals surface area (Å²) in [4.78, 5) is 23.6. The summed E-state index contributed by atoms with van der Waals surface area (Å²) in [6.07, 6.45) is 8.36. The second kappa shape index (κ2) is 9.38. The molecule has 10 heteroatoms. The first kappa shape index (κ1) is 22.4. The van der Waals surface area contributed by atoms with Crippen molar-refractivity contribution in [2.75, 3.05) is 19.8 Å². The van der Waals surface area contributed by atoms with E-state index in [1.807, 2.05) is 0 Å². The Morgan fingerprint density at radius 3 is 2.61 bits per heavy atom. The molecule has 2 bridgehead atoms. The molecule has 9 nitrogen and oxygen atoms in total. The number of carbonyl (C=O) groups excluding carboxylic acids is 1. The highest BCUT2D eigenvalue weighted by atomic mass is 32.2. The maximum atomic E-state index is 13.1. The van der Waals surface area contributed by atoms with Crippen molar-refractivity contribution in [3.8, 4) is 5.88 Å². The maximum absolute atomic E-state index is 13.1. The summed E-state index contributed by atoms with van der Waals surface area (Å²) >= 11 is 0. The average molecular weight is 453 g/mol. The van der Waals surface area contributed by atoms with Gasteiger partial charge in [0, 0.05) is 30.9 Å². The molecule has 1 amide bonds. The summed E-state index contributed by atoms with van der Waals surface area (Å²) in [5.41, 5.74) is 0.811.